The van der Waals surface area contributed by atoms with Crippen molar-refractivity contribution >= 4 is 22.9 Å². The summed E-state index contributed by atoms with van der Waals surface area (Å²) in [5, 5.41) is 4.21. The second-order valence-electron chi connectivity index (χ2n) is 6.13. The number of carbonyl (C=O) groups is 1. The molecule has 25 heavy (non-hydrogen) atoms. The Labute approximate surface area is 152 Å². The predicted octanol–water partition coefficient (Wildman–Crippen LogP) is 3.37. The van der Waals surface area contributed by atoms with Gasteiger partial charge in [0.25, 0.3) is 5.91 Å². The molecule has 4 heteroatoms. The van der Waals surface area contributed by atoms with Crippen LogP contribution in [0.3, 0.4) is 0 Å². The van der Waals surface area contributed by atoms with Crippen molar-refractivity contribution in [2.24, 2.45) is 0 Å². The van der Waals surface area contributed by atoms with E-state index in [1.165, 1.54) is 16.0 Å². The maximum absolute atomic E-state index is 12.6. The van der Waals surface area contributed by atoms with Gasteiger partial charge < -0.3 is 10.2 Å². The number of quaternary nitrogens is 1. The number of hydrogen-bond acceptors (Lipinski definition) is 2. The summed E-state index contributed by atoms with van der Waals surface area (Å²) in [5.41, 5.74) is 3.39. The van der Waals surface area contributed by atoms with Gasteiger partial charge >= 0.3 is 0 Å². The third-order valence-electron chi connectivity index (χ3n) is 4.33. The Morgan fingerprint density at radius 2 is 1.76 bits per heavy atom. The summed E-state index contributed by atoms with van der Waals surface area (Å²) < 4.78 is 0. The Hall–Kier alpha value is -2.43. The van der Waals surface area contributed by atoms with E-state index in [1.54, 1.807) is 16.2 Å². The lowest BCUT2D eigenvalue weighted by molar-refractivity contribution is -0.676. The Bertz CT molecular complexity index is 798. The Morgan fingerprint density at radius 1 is 1.04 bits per heavy atom. The second kappa shape index (κ2) is 8.10. The summed E-state index contributed by atoms with van der Waals surface area (Å²) >= 11 is 1.73. The molecule has 0 aliphatic carbocycles. The number of anilines is 1. The third-order valence-corrected chi connectivity index (χ3v) is 5.29. The largest absolute Gasteiger partial charge is 0.328 e. The monoisotopic (exact) mass is 351 g/mol. The van der Waals surface area contributed by atoms with Gasteiger partial charge in [0, 0.05) is 18.3 Å². The highest BCUT2D eigenvalue weighted by molar-refractivity contribution is 7.10. The zero-order chi connectivity index (χ0) is 17.6. The van der Waals surface area contributed by atoms with E-state index < -0.39 is 0 Å². The molecular weight excluding hydrogens is 328 g/mol. The van der Waals surface area contributed by atoms with Gasteiger partial charge in [-0.1, -0.05) is 54.1 Å². The number of hydrogen-bond donors (Lipinski definition) is 1. The molecule has 0 bridgehead atoms. The number of carbonyl (C=O) groups excluding carboxylic acids is 1. The molecule has 3 nitrogen and oxygen atoms in total. The van der Waals surface area contributed by atoms with Crippen LogP contribution in [0.15, 0.2) is 72.1 Å². The topological polar surface area (TPSA) is 36.9 Å². The zero-order valence-corrected chi connectivity index (χ0v) is 15.4. The summed E-state index contributed by atoms with van der Waals surface area (Å²) in [6, 6.07) is 22.7. The molecule has 128 valence electrons. The Morgan fingerprint density at radius 3 is 2.40 bits per heavy atom. The fraction of sp³-hybridized carbons (Fsp3) is 0.190. The van der Waals surface area contributed by atoms with Crippen LogP contribution in [0.5, 0.6) is 0 Å². The van der Waals surface area contributed by atoms with Gasteiger partial charge in [0.05, 0.1) is 4.88 Å². The van der Waals surface area contributed by atoms with E-state index in [9.17, 15) is 4.79 Å². The van der Waals surface area contributed by atoms with Crippen molar-refractivity contribution < 1.29 is 10.1 Å². The van der Waals surface area contributed by atoms with Crippen molar-refractivity contribution in [3.05, 3.63) is 88.1 Å². The van der Waals surface area contributed by atoms with Crippen molar-refractivity contribution in [2.75, 3.05) is 18.5 Å². The number of aryl methyl sites for hydroxylation is 1. The smallest absolute Gasteiger partial charge is 0.281 e. The first-order valence-corrected chi connectivity index (χ1v) is 9.28. The van der Waals surface area contributed by atoms with Crippen molar-refractivity contribution in [3.8, 4) is 0 Å². The molecule has 0 saturated carbocycles. The average Bonchev–Trinajstić information content (AvgIpc) is 3.17. The van der Waals surface area contributed by atoms with Gasteiger partial charge in [0.15, 0.2) is 6.54 Å². The van der Waals surface area contributed by atoms with E-state index in [2.05, 4.69) is 54.0 Å². The molecule has 1 amide bonds. The quantitative estimate of drug-likeness (QED) is 0.726. The number of nitrogens with zero attached hydrogens (tertiary/aromatic N) is 1. The van der Waals surface area contributed by atoms with Crippen LogP contribution in [0.2, 0.25) is 0 Å². The molecule has 1 aromatic heterocycles. The van der Waals surface area contributed by atoms with Gasteiger partial charge in [-0.15, -0.1) is 11.3 Å². The molecule has 1 heterocycles. The van der Waals surface area contributed by atoms with E-state index in [0.717, 1.165) is 5.69 Å². The minimum atomic E-state index is 0.0971. The number of likely N-dealkylation sites (N-methyl/N-ethyl adjacent to an activating group) is 1. The van der Waals surface area contributed by atoms with Gasteiger partial charge in [-0.2, -0.15) is 0 Å². The lowest BCUT2D eigenvalue weighted by Gasteiger charge is -2.19. The van der Waals surface area contributed by atoms with E-state index in [0.29, 0.717) is 6.54 Å². The first-order chi connectivity index (χ1) is 12.1. The van der Waals surface area contributed by atoms with Crippen LogP contribution >= 0.6 is 11.3 Å². The van der Waals surface area contributed by atoms with Crippen LogP contribution in [-0.4, -0.2) is 19.5 Å². The van der Waals surface area contributed by atoms with E-state index in [4.69, 9.17) is 0 Å². The minimum absolute atomic E-state index is 0.0971. The first kappa shape index (κ1) is 17.4. The van der Waals surface area contributed by atoms with Crippen LogP contribution < -0.4 is 10.2 Å². The third kappa shape index (κ3) is 4.35. The second-order valence-corrected chi connectivity index (χ2v) is 7.11. The first-order valence-electron chi connectivity index (χ1n) is 8.40. The lowest BCUT2D eigenvalue weighted by atomic mass is 10.0. The van der Waals surface area contributed by atoms with Crippen LogP contribution in [-0.2, 0) is 4.79 Å². The minimum Gasteiger partial charge on any atom is -0.328 e. The maximum Gasteiger partial charge on any atom is 0.281 e. The Kier molecular flexibility index (Phi) is 5.64. The molecule has 0 aliphatic heterocycles. The van der Waals surface area contributed by atoms with Crippen molar-refractivity contribution in [3.63, 3.8) is 0 Å². The summed E-state index contributed by atoms with van der Waals surface area (Å²) in [7, 11) is 1.83. The zero-order valence-electron chi connectivity index (χ0n) is 14.6. The van der Waals surface area contributed by atoms with Crippen LogP contribution in [0.4, 0.5) is 5.69 Å². The molecule has 3 aromatic rings. The predicted molar refractivity (Wildman–Crippen MR) is 104 cm³/mol. The number of para-hydroxylation sites is 1. The van der Waals surface area contributed by atoms with Gasteiger partial charge in [-0.3, -0.25) is 4.79 Å². The number of amides is 1. The Balaban J connectivity index is 1.73. The molecule has 0 aliphatic rings. The van der Waals surface area contributed by atoms with Crippen LogP contribution in [0.25, 0.3) is 0 Å². The average molecular weight is 351 g/mol. The maximum atomic E-state index is 12.6. The number of rotatable bonds is 6. The van der Waals surface area contributed by atoms with E-state index in [1.807, 2.05) is 37.4 Å². The highest BCUT2D eigenvalue weighted by Gasteiger charge is 2.21. The van der Waals surface area contributed by atoms with Gasteiger partial charge in [-0.25, -0.2) is 0 Å². The fourth-order valence-corrected chi connectivity index (χ4v) is 3.66. The van der Waals surface area contributed by atoms with Gasteiger partial charge in [0.1, 0.15) is 6.04 Å². The van der Waals surface area contributed by atoms with E-state index >= 15 is 0 Å². The molecule has 0 spiro atoms. The van der Waals surface area contributed by atoms with Crippen molar-refractivity contribution in [1.29, 1.82) is 0 Å². The fourth-order valence-electron chi connectivity index (χ4n) is 2.81. The van der Waals surface area contributed by atoms with Crippen LogP contribution in [0.1, 0.15) is 22.0 Å². The molecule has 0 fully saturated rings. The van der Waals surface area contributed by atoms with Gasteiger partial charge in [-0.05, 0) is 30.5 Å². The summed E-state index contributed by atoms with van der Waals surface area (Å²) in [4.78, 5) is 15.6. The molecule has 2 aromatic carbocycles. The molecule has 0 saturated heterocycles. The van der Waals surface area contributed by atoms with Crippen LogP contribution in [0, 0.1) is 6.92 Å². The highest BCUT2D eigenvalue weighted by Crippen LogP contribution is 2.23. The normalized spacial score (nSPS) is 11.9. The van der Waals surface area contributed by atoms with Crippen molar-refractivity contribution in [2.45, 2.75) is 13.0 Å². The van der Waals surface area contributed by atoms with E-state index in [-0.39, 0.29) is 11.9 Å². The lowest BCUT2D eigenvalue weighted by Crippen LogP contribution is -2.87. The SMILES string of the molecule is Cc1ccc([C@H]([NH2+]CC(=O)N(C)c2ccccc2)c2cccs2)cc1. The molecule has 1 atom stereocenters. The highest BCUT2D eigenvalue weighted by atomic mass is 32.1. The van der Waals surface area contributed by atoms with Crippen molar-refractivity contribution in [1.82, 2.24) is 0 Å². The molecule has 0 unspecified atom stereocenters. The number of nitrogens with two attached hydrogens (primary N) is 1. The molecular formula is C21H23N2OS+. The number of thiophene rings is 1. The summed E-state index contributed by atoms with van der Waals surface area (Å²) in [5.74, 6) is 0.0971. The standard InChI is InChI=1S/C21H22N2OS/c1-16-10-12-17(13-11-16)21(19-9-6-14-25-19)22-15-20(24)23(2)18-7-4-3-5-8-18/h3-14,21-22H,15H2,1-2H3/p+1/t21-/m0/s1. The molecule has 2 N–H and O–H groups in total. The molecule has 0 radical (unpaired) electrons. The summed E-state index contributed by atoms with van der Waals surface area (Å²) in [6.07, 6.45) is 0. The molecule has 3 rings (SSSR count). The van der Waals surface area contributed by atoms with Gasteiger partial charge in [0.2, 0.25) is 0 Å². The number of benzene rings is 2. The summed E-state index contributed by atoms with van der Waals surface area (Å²) in [6.45, 7) is 2.49.